The molecule has 0 aromatic heterocycles. The molecule has 112 valence electrons. The lowest BCUT2D eigenvalue weighted by molar-refractivity contribution is -0.384. The second-order valence-corrected chi connectivity index (χ2v) is 5.12. The van der Waals surface area contributed by atoms with E-state index in [1.165, 1.54) is 12.1 Å². The van der Waals surface area contributed by atoms with Crippen LogP contribution >= 0.6 is 15.9 Å². The molecule has 0 aliphatic rings. The number of non-ortho nitro benzene ring substituents is 1. The van der Waals surface area contributed by atoms with Gasteiger partial charge in [0.05, 0.1) is 11.1 Å². The first-order valence-electron chi connectivity index (χ1n) is 6.04. The number of hydrogen-bond acceptors (Lipinski definition) is 5. The minimum atomic E-state index is -0.586. The van der Waals surface area contributed by atoms with E-state index in [1.807, 2.05) is 0 Å². The molecule has 0 unspecified atom stereocenters. The quantitative estimate of drug-likeness (QED) is 0.494. The third-order valence-electron chi connectivity index (χ3n) is 2.70. The molecule has 2 rings (SSSR count). The minimum absolute atomic E-state index is 0.130. The zero-order chi connectivity index (χ0) is 16.1. The number of halogens is 1. The monoisotopic (exact) mass is 363 g/mol. The van der Waals surface area contributed by atoms with E-state index in [9.17, 15) is 20.0 Å². The van der Waals surface area contributed by atoms with Gasteiger partial charge in [-0.05, 0) is 30.3 Å². The standard InChI is InChI=1S/C14H10BrN3O4/c15-11-3-1-9(2-4-11)14(20)17-16-8-10-7-12(18(21)22)5-6-13(10)19/h1-8,19H,(H,17,20)/b16-8+. The molecule has 7 nitrogen and oxygen atoms in total. The molecule has 1 amide bonds. The molecule has 0 saturated carbocycles. The van der Waals surface area contributed by atoms with Gasteiger partial charge in [0.15, 0.2) is 0 Å². The number of benzene rings is 2. The van der Waals surface area contributed by atoms with Gasteiger partial charge in [0, 0.05) is 27.7 Å². The maximum absolute atomic E-state index is 11.8. The molecule has 0 atom stereocenters. The SMILES string of the molecule is O=C(N/N=C/c1cc([N+](=O)[O-])ccc1O)c1ccc(Br)cc1. The highest BCUT2D eigenvalue weighted by Crippen LogP contribution is 2.21. The van der Waals surface area contributed by atoms with Crippen LogP contribution in [0.1, 0.15) is 15.9 Å². The summed E-state index contributed by atoms with van der Waals surface area (Å²) >= 11 is 3.26. The van der Waals surface area contributed by atoms with E-state index >= 15 is 0 Å². The lowest BCUT2D eigenvalue weighted by Gasteiger charge is -2.01. The lowest BCUT2D eigenvalue weighted by Crippen LogP contribution is -2.17. The summed E-state index contributed by atoms with van der Waals surface area (Å²) < 4.78 is 0.842. The second kappa shape index (κ2) is 6.81. The van der Waals surface area contributed by atoms with Crippen molar-refractivity contribution in [2.75, 3.05) is 0 Å². The number of amides is 1. The van der Waals surface area contributed by atoms with Gasteiger partial charge in [-0.25, -0.2) is 5.43 Å². The second-order valence-electron chi connectivity index (χ2n) is 4.21. The third kappa shape index (κ3) is 3.89. The van der Waals surface area contributed by atoms with Crippen molar-refractivity contribution in [1.82, 2.24) is 5.43 Å². The predicted molar refractivity (Wildman–Crippen MR) is 84.0 cm³/mol. The average Bonchev–Trinajstić information content (AvgIpc) is 2.49. The van der Waals surface area contributed by atoms with Gasteiger partial charge in [0.2, 0.25) is 0 Å². The van der Waals surface area contributed by atoms with Crippen molar-refractivity contribution in [2.45, 2.75) is 0 Å². The van der Waals surface area contributed by atoms with Crippen LogP contribution in [0, 0.1) is 10.1 Å². The largest absolute Gasteiger partial charge is 0.507 e. The average molecular weight is 364 g/mol. The first-order chi connectivity index (χ1) is 10.5. The molecule has 0 bridgehead atoms. The van der Waals surface area contributed by atoms with Crippen molar-refractivity contribution < 1.29 is 14.8 Å². The van der Waals surface area contributed by atoms with Crippen molar-refractivity contribution in [3.8, 4) is 5.75 Å². The van der Waals surface area contributed by atoms with E-state index in [4.69, 9.17) is 0 Å². The number of nitrogens with zero attached hydrogens (tertiary/aromatic N) is 2. The van der Waals surface area contributed by atoms with Gasteiger partial charge in [0.25, 0.3) is 11.6 Å². The minimum Gasteiger partial charge on any atom is -0.507 e. The highest BCUT2D eigenvalue weighted by Gasteiger charge is 2.09. The van der Waals surface area contributed by atoms with Gasteiger partial charge in [-0.2, -0.15) is 5.10 Å². The van der Waals surface area contributed by atoms with Gasteiger partial charge in [-0.1, -0.05) is 15.9 Å². The van der Waals surface area contributed by atoms with Crippen molar-refractivity contribution in [1.29, 1.82) is 0 Å². The smallest absolute Gasteiger partial charge is 0.271 e. The number of hydrogen-bond donors (Lipinski definition) is 2. The molecule has 22 heavy (non-hydrogen) atoms. The summed E-state index contributed by atoms with van der Waals surface area (Å²) in [6, 6.07) is 10.2. The van der Waals surface area contributed by atoms with Crippen molar-refractivity contribution in [2.24, 2.45) is 5.10 Å². The van der Waals surface area contributed by atoms with Crippen LogP contribution in [0.2, 0.25) is 0 Å². The zero-order valence-corrected chi connectivity index (χ0v) is 12.6. The highest BCUT2D eigenvalue weighted by atomic mass is 79.9. The van der Waals surface area contributed by atoms with Crippen LogP contribution in [0.25, 0.3) is 0 Å². The number of rotatable bonds is 4. The van der Waals surface area contributed by atoms with Gasteiger partial charge in [-0.3, -0.25) is 14.9 Å². The maximum Gasteiger partial charge on any atom is 0.271 e. The van der Waals surface area contributed by atoms with E-state index in [1.54, 1.807) is 24.3 Å². The van der Waals surface area contributed by atoms with Crippen LogP contribution in [0.3, 0.4) is 0 Å². The molecule has 0 aliphatic heterocycles. The van der Waals surface area contributed by atoms with Crippen LogP contribution in [-0.2, 0) is 0 Å². The number of nitro benzene ring substituents is 1. The summed E-state index contributed by atoms with van der Waals surface area (Å²) in [5.41, 5.74) is 2.63. The first-order valence-corrected chi connectivity index (χ1v) is 6.83. The molecular weight excluding hydrogens is 354 g/mol. The number of hydrazone groups is 1. The molecule has 0 spiro atoms. The number of nitrogens with one attached hydrogen (secondary N) is 1. The van der Waals surface area contributed by atoms with E-state index in [2.05, 4.69) is 26.5 Å². The molecule has 0 fully saturated rings. The predicted octanol–water partition coefficient (Wildman–Crippen LogP) is 2.83. The molecule has 2 N–H and O–H groups in total. The Morgan fingerprint density at radius 1 is 1.27 bits per heavy atom. The Labute approximate surface area is 133 Å². The van der Waals surface area contributed by atoms with E-state index in [-0.39, 0.29) is 17.0 Å². The normalized spacial score (nSPS) is 10.6. The fraction of sp³-hybridized carbons (Fsp3) is 0. The lowest BCUT2D eigenvalue weighted by atomic mass is 10.2. The molecular formula is C14H10BrN3O4. The Morgan fingerprint density at radius 2 is 1.95 bits per heavy atom. The van der Waals surface area contributed by atoms with Crippen molar-refractivity contribution in [3.63, 3.8) is 0 Å². The summed E-state index contributed by atoms with van der Waals surface area (Å²) in [6.07, 6.45) is 1.14. The summed E-state index contributed by atoms with van der Waals surface area (Å²) in [5, 5.41) is 23.9. The summed E-state index contributed by atoms with van der Waals surface area (Å²) in [7, 11) is 0. The van der Waals surface area contributed by atoms with Gasteiger partial charge >= 0.3 is 0 Å². The number of phenols is 1. The van der Waals surface area contributed by atoms with Gasteiger partial charge < -0.3 is 5.11 Å². The number of aromatic hydroxyl groups is 1. The van der Waals surface area contributed by atoms with Crippen LogP contribution in [0.5, 0.6) is 5.75 Å². The topological polar surface area (TPSA) is 105 Å². The summed E-state index contributed by atoms with van der Waals surface area (Å²) in [4.78, 5) is 21.9. The summed E-state index contributed by atoms with van der Waals surface area (Å²) in [5.74, 6) is -0.610. The van der Waals surface area contributed by atoms with E-state index < -0.39 is 10.8 Å². The Kier molecular flexibility index (Phi) is 4.84. The molecule has 0 saturated heterocycles. The summed E-state index contributed by atoms with van der Waals surface area (Å²) in [6.45, 7) is 0. The molecule has 2 aromatic carbocycles. The Hall–Kier alpha value is -2.74. The highest BCUT2D eigenvalue weighted by molar-refractivity contribution is 9.10. The molecule has 8 heteroatoms. The Morgan fingerprint density at radius 3 is 2.59 bits per heavy atom. The first kappa shape index (κ1) is 15.6. The van der Waals surface area contributed by atoms with E-state index in [0.717, 1.165) is 16.8 Å². The molecule has 0 radical (unpaired) electrons. The zero-order valence-electron chi connectivity index (χ0n) is 11.1. The molecule has 0 aliphatic carbocycles. The van der Waals surface area contributed by atoms with Crippen molar-refractivity contribution >= 4 is 33.7 Å². The molecule has 0 heterocycles. The third-order valence-corrected chi connectivity index (χ3v) is 3.23. The van der Waals surface area contributed by atoms with Crippen LogP contribution < -0.4 is 5.43 Å². The number of carbonyl (C=O) groups excluding carboxylic acids is 1. The fourth-order valence-corrected chi connectivity index (χ4v) is 1.85. The number of phenolic OH excluding ortho intramolecular Hbond substituents is 1. The van der Waals surface area contributed by atoms with Crippen LogP contribution in [-0.4, -0.2) is 22.2 Å². The fourth-order valence-electron chi connectivity index (χ4n) is 1.59. The Balaban J connectivity index is 2.09. The van der Waals surface area contributed by atoms with Crippen molar-refractivity contribution in [3.05, 3.63) is 68.2 Å². The Bertz CT molecular complexity index is 744. The van der Waals surface area contributed by atoms with Gasteiger partial charge in [0.1, 0.15) is 5.75 Å². The van der Waals surface area contributed by atoms with Gasteiger partial charge in [-0.15, -0.1) is 0 Å². The van der Waals surface area contributed by atoms with Crippen LogP contribution in [0.15, 0.2) is 52.0 Å². The molecule has 2 aromatic rings. The number of carbonyl (C=O) groups is 1. The number of nitro groups is 1. The van der Waals surface area contributed by atoms with E-state index in [0.29, 0.717) is 5.56 Å². The maximum atomic E-state index is 11.8. The van der Waals surface area contributed by atoms with Crippen LogP contribution in [0.4, 0.5) is 5.69 Å².